The summed E-state index contributed by atoms with van der Waals surface area (Å²) in [6.07, 6.45) is -5.58. The fourth-order valence-corrected chi connectivity index (χ4v) is 4.28. The van der Waals surface area contributed by atoms with Gasteiger partial charge in [-0.15, -0.1) is 0 Å². The van der Waals surface area contributed by atoms with E-state index in [2.05, 4.69) is 9.99 Å². The summed E-state index contributed by atoms with van der Waals surface area (Å²) in [6.45, 7) is -0.929. The van der Waals surface area contributed by atoms with E-state index in [0.29, 0.717) is 0 Å². The number of hydrogen-bond acceptors (Lipinski definition) is 11. The zero-order valence-electron chi connectivity index (χ0n) is 20.9. The molecule has 0 aliphatic rings. The molecule has 40 heavy (non-hydrogen) atoms. The maximum absolute atomic E-state index is 15.9. The molecule has 3 aromatic carbocycles. The van der Waals surface area contributed by atoms with Gasteiger partial charge in [0.15, 0.2) is 12.3 Å². The molecule has 0 fully saturated rings. The number of nitro groups is 1. The highest BCUT2D eigenvalue weighted by molar-refractivity contribution is 7.86. The van der Waals surface area contributed by atoms with Crippen LogP contribution in [0.2, 0.25) is 0 Å². The Morgan fingerprint density at radius 1 is 0.950 bits per heavy atom. The molecule has 3 aromatic rings. The lowest BCUT2D eigenvalue weighted by atomic mass is 10.1. The van der Waals surface area contributed by atoms with Gasteiger partial charge in [0.25, 0.3) is 15.8 Å². The molecule has 14 heteroatoms. The predicted molar refractivity (Wildman–Crippen MR) is 138 cm³/mol. The maximum Gasteiger partial charge on any atom is 0.338 e. The quantitative estimate of drug-likeness (QED) is 0.0967. The monoisotopic (exact) mass is 574 g/mol. The van der Waals surface area contributed by atoms with Gasteiger partial charge in [0.05, 0.1) is 27.2 Å². The van der Waals surface area contributed by atoms with Crippen LogP contribution in [-0.2, 0) is 28.6 Å². The zero-order valence-corrected chi connectivity index (χ0v) is 21.7. The molecule has 0 radical (unpaired) electrons. The molecule has 0 spiro atoms. The van der Waals surface area contributed by atoms with Crippen LogP contribution in [0.15, 0.2) is 95.0 Å². The second-order valence-electron chi connectivity index (χ2n) is 7.92. The van der Waals surface area contributed by atoms with Crippen molar-refractivity contribution in [2.24, 2.45) is 5.16 Å². The van der Waals surface area contributed by atoms with Gasteiger partial charge in [-0.05, 0) is 36.4 Å². The number of carbonyl (C=O) groups excluding carboxylic acids is 2. The molecule has 0 aliphatic heterocycles. The van der Waals surface area contributed by atoms with Crippen molar-refractivity contribution in [1.29, 1.82) is 0 Å². The number of carbonyl (C=O) groups is 2. The van der Waals surface area contributed by atoms with Gasteiger partial charge in [-0.1, -0.05) is 41.6 Å². The van der Waals surface area contributed by atoms with E-state index in [1.54, 1.807) is 36.4 Å². The van der Waals surface area contributed by atoms with Crippen molar-refractivity contribution < 1.29 is 45.8 Å². The lowest BCUT2D eigenvalue weighted by Gasteiger charge is -2.25. The summed E-state index contributed by atoms with van der Waals surface area (Å²) >= 11 is 0. The van der Waals surface area contributed by atoms with E-state index >= 15 is 4.39 Å². The molecule has 3 atom stereocenters. The van der Waals surface area contributed by atoms with Crippen LogP contribution in [0.25, 0.3) is 0 Å². The average molecular weight is 575 g/mol. The number of alkyl halides is 1. The molecular weight excluding hydrogens is 551 g/mol. The number of oxime groups is 1. The fourth-order valence-electron chi connectivity index (χ4n) is 3.22. The van der Waals surface area contributed by atoms with E-state index in [4.69, 9.17) is 13.7 Å². The SMILES string of the molecule is CO/N=C/[C@H](OC(=O)c1ccccc1)[C@H](F)[C@@H](COC(=O)c1ccccc1)OS(=O)(=O)c1ccc([N+](=O)[O-])cc1. The topological polar surface area (TPSA) is 161 Å². The van der Waals surface area contributed by atoms with E-state index in [1.165, 1.54) is 24.3 Å². The molecule has 0 saturated carbocycles. The Balaban J connectivity index is 1.89. The van der Waals surface area contributed by atoms with Crippen molar-refractivity contribution >= 4 is 34.0 Å². The van der Waals surface area contributed by atoms with Crippen molar-refractivity contribution in [2.45, 2.75) is 23.3 Å². The normalized spacial score (nSPS) is 13.7. The van der Waals surface area contributed by atoms with Crippen LogP contribution in [0.1, 0.15) is 20.7 Å². The van der Waals surface area contributed by atoms with Crippen molar-refractivity contribution in [3.05, 3.63) is 106 Å². The summed E-state index contributed by atoms with van der Waals surface area (Å²) in [6, 6.07) is 18.8. The van der Waals surface area contributed by atoms with Crippen LogP contribution in [0, 0.1) is 10.1 Å². The molecule has 210 valence electrons. The number of halogens is 1. The summed E-state index contributed by atoms with van der Waals surface area (Å²) in [4.78, 5) is 39.3. The van der Waals surface area contributed by atoms with Crippen LogP contribution >= 0.6 is 0 Å². The number of nitro benzene ring substituents is 1. The molecule has 3 rings (SSSR count). The van der Waals surface area contributed by atoms with E-state index in [-0.39, 0.29) is 16.8 Å². The second kappa shape index (κ2) is 13.9. The Morgan fingerprint density at radius 2 is 1.50 bits per heavy atom. The summed E-state index contributed by atoms with van der Waals surface area (Å²) in [5, 5.41) is 14.3. The standard InChI is InChI=1S/C26H23FN2O10S/c1-36-28-16-22(38-26(31)19-10-6-3-7-11-19)24(27)23(17-37-25(30)18-8-4-2-5-9-18)39-40(34,35)21-14-12-20(13-15-21)29(32)33/h2-16,22-24H,17H2,1H3/b28-16+/t22-,23+,24-/m0/s1. The summed E-state index contributed by atoms with van der Waals surface area (Å²) < 4.78 is 57.2. The minimum absolute atomic E-state index is 0.0667. The van der Waals surface area contributed by atoms with Crippen LogP contribution in [0.3, 0.4) is 0 Å². The lowest BCUT2D eigenvalue weighted by Crippen LogP contribution is -2.43. The maximum atomic E-state index is 15.9. The molecule has 12 nitrogen and oxygen atoms in total. The van der Waals surface area contributed by atoms with Gasteiger partial charge in [0.1, 0.15) is 19.8 Å². The molecule has 0 N–H and O–H groups in total. The Kier molecular flexibility index (Phi) is 10.4. The molecule has 0 heterocycles. The number of hydrogen-bond donors (Lipinski definition) is 0. The summed E-state index contributed by atoms with van der Waals surface area (Å²) in [5.74, 6) is -1.87. The highest BCUT2D eigenvalue weighted by Gasteiger charge is 2.38. The Labute approximate surface area is 228 Å². The predicted octanol–water partition coefficient (Wildman–Crippen LogP) is 3.72. The highest BCUT2D eigenvalue weighted by atomic mass is 32.2. The molecule has 0 bridgehead atoms. The number of non-ortho nitro benzene ring substituents is 1. The first-order valence-corrected chi connectivity index (χ1v) is 12.9. The Morgan fingerprint density at radius 3 is 2.02 bits per heavy atom. The minimum atomic E-state index is -4.76. The molecule has 0 amide bonds. The van der Waals surface area contributed by atoms with E-state index in [1.807, 2.05) is 0 Å². The smallest absolute Gasteiger partial charge is 0.338 e. The van der Waals surface area contributed by atoms with Gasteiger partial charge in [0, 0.05) is 12.1 Å². The third kappa shape index (κ3) is 8.15. The van der Waals surface area contributed by atoms with Gasteiger partial charge < -0.3 is 14.3 Å². The number of rotatable bonds is 13. The van der Waals surface area contributed by atoms with Crippen LogP contribution in [0.5, 0.6) is 0 Å². The molecular formula is C26H23FN2O10S. The van der Waals surface area contributed by atoms with Crippen LogP contribution in [0.4, 0.5) is 10.1 Å². The Hall–Kier alpha value is -4.69. The first kappa shape index (κ1) is 29.9. The molecule has 0 saturated heterocycles. The van der Waals surface area contributed by atoms with Crippen molar-refractivity contribution in [3.8, 4) is 0 Å². The van der Waals surface area contributed by atoms with Gasteiger partial charge in [-0.25, -0.2) is 14.0 Å². The largest absolute Gasteiger partial charge is 0.459 e. The van der Waals surface area contributed by atoms with Crippen molar-refractivity contribution in [2.75, 3.05) is 13.7 Å². The van der Waals surface area contributed by atoms with Gasteiger partial charge in [-0.3, -0.25) is 14.3 Å². The lowest BCUT2D eigenvalue weighted by molar-refractivity contribution is -0.384. The van der Waals surface area contributed by atoms with Gasteiger partial charge >= 0.3 is 11.9 Å². The number of esters is 2. The van der Waals surface area contributed by atoms with E-state index in [9.17, 15) is 28.1 Å². The first-order chi connectivity index (χ1) is 19.1. The zero-order chi connectivity index (χ0) is 29.1. The van der Waals surface area contributed by atoms with Crippen LogP contribution < -0.4 is 0 Å². The molecule has 0 aromatic heterocycles. The first-order valence-electron chi connectivity index (χ1n) is 11.5. The number of benzene rings is 3. The minimum Gasteiger partial charge on any atom is -0.459 e. The Bertz CT molecular complexity index is 1440. The van der Waals surface area contributed by atoms with Gasteiger partial charge in [0.2, 0.25) is 0 Å². The molecule has 0 aliphatic carbocycles. The average Bonchev–Trinajstić information content (AvgIpc) is 2.97. The van der Waals surface area contributed by atoms with Crippen molar-refractivity contribution in [1.82, 2.24) is 0 Å². The molecule has 0 unspecified atom stereocenters. The third-order valence-electron chi connectivity index (χ3n) is 5.21. The fraction of sp³-hybridized carbons (Fsp3) is 0.192. The highest BCUT2D eigenvalue weighted by Crippen LogP contribution is 2.23. The summed E-state index contributed by atoms with van der Waals surface area (Å²) in [5.41, 5.74) is -0.223. The van der Waals surface area contributed by atoms with E-state index < -0.39 is 56.9 Å². The number of ether oxygens (including phenoxy) is 2. The summed E-state index contributed by atoms with van der Waals surface area (Å²) in [7, 11) is -3.62. The number of nitrogens with zero attached hydrogens (tertiary/aromatic N) is 2. The van der Waals surface area contributed by atoms with E-state index in [0.717, 1.165) is 37.6 Å². The van der Waals surface area contributed by atoms with Crippen LogP contribution in [-0.4, -0.2) is 63.6 Å². The third-order valence-corrected chi connectivity index (χ3v) is 6.56. The van der Waals surface area contributed by atoms with Crippen molar-refractivity contribution in [3.63, 3.8) is 0 Å². The van der Waals surface area contributed by atoms with Gasteiger partial charge in [-0.2, -0.15) is 8.42 Å². The second-order valence-corrected chi connectivity index (χ2v) is 9.49.